The zero-order valence-corrected chi connectivity index (χ0v) is 19.8. The minimum atomic E-state index is -3.62. The molecule has 2 heterocycles. The number of aldehydes is 1. The Balaban J connectivity index is 1.83. The van der Waals surface area contributed by atoms with Gasteiger partial charge in [-0.2, -0.15) is 4.31 Å². The van der Waals surface area contributed by atoms with E-state index in [0.717, 1.165) is 30.4 Å². The summed E-state index contributed by atoms with van der Waals surface area (Å²) in [5.74, 6) is -0.129. The Labute approximate surface area is 194 Å². The predicted octanol–water partition coefficient (Wildman–Crippen LogP) is 3.91. The van der Waals surface area contributed by atoms with E-state index in [1.807, 2.05) is 48.7 Å². The lowest BCUT2D eigenvalue weighted by Crippen LogP contribution is -2.28. The van der Waals surface area contributed by atoms with Gasteiger partial charge in [0.05, 0.1) is 11.4 Å². The number of sulfonamides is 1. The average molecular weight is 465 g/mol. The SMILES string of the molecule is Cc1c(Cc2ccccc2S(=O)(=O)N2CCCC2)c(C(=O)c2ccccc2)c(C)n1CC=O. The lowest BCUT2D eigenvalue weighted by Gasteiger charge is -2.18. The third kappa shape index (κ3) is 4.30. The molecule has 1 aliphatic rings. The van der Waals surface area contributed by atoms with Crippen molar-refractivity contribution in [3.63, 3.8) is 0 Å². The van der Waals surface area contributed by atoms with Crippen molar-refractivity contribution in [1.82, 2.24) is 8.87 Å². The van der Waals surface area contributed by atoms with Crippen molar-refractivity contribution in [2.75, 3.05) is 13.1 Å². The van der Waals surface area contributed by atoms with Crippen molar-refractivity contribution >= 4 is 22.1 Å². The number of carbonyl (C=O) groups is 2. The first-order chi connectivity index (χ1) is 15.9. The first kappa shape index (κ1) is 23.1. The molecule has 33 heavy (non-hydrogen) atoms. The topological polar surface area (TPSA) is 76.5 Å². The van der Waals surface area contributed by atoms with E-state index in [2.05, 4.69) is 0 Å². The summed E-state index contributed by atoms with van der Waals surface area (Å²) in [5.41, 5.74) is 4.01. The van der Waals surface area contributed by atoms with E-state index in [0.29, 0.717) is 35.5 Å². The highest BCUT2D eigenvalue weighted by molar-refractivity contribution is 7.89. The molecule has 4 rings (SSSR count). The number of ketones is 1. The normalized spacial score (nSPS) is 14.5. The zero-order valence-electron chi connectivity index (χ0n) is 19.0. The maximum atomic E-state index is 13.5. The molecule has 0 bridgehead atoms. The van der Waals surface area contributed by atoms with E-state index >= 15 is 0 Å². The maximum absolute atomic E-state index is 13.5. The summed E-state index contributed by atoms with van der Waals surface area (Å²) in [6.07, 6.45) is 2.83. The van der Waals surface area contributed by atoms with Gasteiger partial charge in [-0.25, -0.2) is 8.42 Å². The van der Waals surface area contributed by atoms with Gasteiger partial charge in [-0.3, -0.25) is 4.79 Å². The van der Waals surface area contributed by atoms with Crippen LogP contribution in [0.25, 0.3) is 0 Å². The van der Waals surface area contributed by atoms with Crippen LogP contribution >= 0.6 is 0 Å². The molecule has 0 spiro atoms. The standard InChI is InChI=1S/C26H28N2O4S/c1-19-23(18-22-12-6-7-13-24(22)33(31,32)27-14-8-9-15-27)25(20(2)28(19)16-17-29)26(30)21-10-4-3-5-11-21/h3-7,10-13,17H,8-9,14-16,18H2,1-2H3. The monoisotopic (exact) mass is 464 g/mol. The number of aromatic nitrogens is 1. The lowest BCUT2D eigenvalue weighted by atomic mass is 9.95. The third-order valence-electron chi connectivity index (χ3n) is 6.45. The molecule has 3 aromatic rings. The second-order valence-electron chi connectivity index (χ2n) is 8.39. The molecule has 1 aromatic heterocycles. The van der Waals surface area contributed by atoms with Gasteiger partial charge in [-0.05, 0) is 43.9 Å². The van der Waals surface area contributed by atoms with Crippen molar-refractivity contribution in [3.05, 3.63) is 88.2 Å². The molecule has 172 valence electrons. The molecule has 1 saturated heterocycles. The van der Waals surface area contributed by atoms with Gasteiger partial charge in [0, 0.05) is 42.0 Å². The van der Waals surface area contributed by atoms with E-state index in [-0.39, 0.29) is 23.6 Å². The third-order valence-corrected chi connectivity index (χ3v) is 8.45. The van der Waals surface area contributed by atoms with Crippen molar-refractivity contribution in [3.8, 4) is 0 Å². The Morgan fingerprint density at radius 3 is 2.24 bits per heavy atom. The van der Waals surface area contributed by atoms with Crippen LogP contribution in [0.3, 0.4) is 0 Å². The average Bonchev–Trinajstić information content (AvgIpc) is 3.44. The van der Waals surface area contributed by atoms with Crippen LogP contribution < -0.4 is 0 Å². The zero-order chi connectivity index (χ0) is 23.6. The minimum absolute atomic E-state index is 0.129. The fourth-order valence-corrected chi connectivity index (χ4v) is 6.45. The van der Waals surface area contributed by atoms with Crippen LogP contribution in [0.4, 0.5) is 0 Å². The van der Waals surface area contributed by atoms with Crippen LogP contribution in [0, 0.1) is 13.8 Å². The van der Waals surface area contributed by atoms with E-state index in [1.165, 1.54) is 4.31 Å². The quantitative estimate of drug-likeness (QED) is 0.374. The van der Waals surface area contributed by atoms with Gasteiger partial charge < -0.3 is 9.36 Å². The Morgan fingerprint density at radius 1 is 0.939 bits per heavy atom. The van der Waals surface area contributed by atoms with Crippen LogP contribution in [0.1, 0.15) is 51.3 Å². The molecule has 0 saturated carbocycles. The molecule has 6 nitrogen and oxygen atoms in total. The van der Waals surface area contributed by atoms with Crippen LogP contribution in [0.2, 0.25) is 0 Å². The molecule has 2 aromatic carbocycles. The molecule has 0 unspecified atom stereocenters. The number of benzene rings is 2. The van der Waals surface area contributed by atoms with E-state index in [9.17, 15) is 18.0 Å². The summed E-state index contributed by atoms with van der Waals surface area (Å²) >= 11 is 0. The van der Waals surface area contributed by atoms with Gasteiger partial charge in [0.1, 0.15) is 6.29 Å². The second kappa shape index (κ2) is 9.45. The van der Waals surface area contributed by atoms with Crippen molar-refractivity contribution < 1.29 is 18.0 Å². The molecular formula is C26H28N2O4S. The molecular weight excluding hydrogens is 436 g/mol. The van der Waals surface area contributed by atoms with Crippen LogP contribution in [0.5, 0.6) is 0 Å². The minimum Gasteiger partial charge on any atom is -0.341 e. The van der Waals surface area contributed by atoms with Gasteiger partial charge in [0.2, 0.25) is 10.0 Å². The molecule has 7 heteroatoms. The van der Waals surface area contributed by atoms with Gasteiger partial charge >= 0.3 is 0 Å². The lowest BCUT2D eigenvalue weighted by molar-refractivity contribution is -0.108. The number of hydrogen-bond donors (Lipinski definition) is 0. The number of hydrogen-bond acceptors (Lipinski definition) is 4. The summed E-state index contributed by atoms with van der Waals surface area (Å²) in [4.78, 5) is 25.1. The molecule has 0 atom stereocenters. The van der Waals surface area contributed by atoms with Gasteiger partial charge in [-0.1, -0.05) is 48.5 Å². The highest BCUT2D eigenvalue weighted by atomic mass is 32.2. The van der Waals surface area contributed by atoms with Crippen LogP contribution in [-0.2, 0) is 27.8 Å². The predicted molar refractivity (Wildman–Crippen MR) is 127 cm³/mol. The van der Waals surface area contributed by atoms with Gasteiger partial charge in [-0.15, -0.1) is 0 Å². The summed E-state index contributed by atoms with van der Waals surface area (Å²) in [6.45, 7) is 4.92. The van der Waals surface area contributed by atoms with Crippen molar-refractivity contribution in [2.24, 2.45) is 0 Å². The van der Waals surface area contributed by atoms with E-state index in [4.69, 9.17) is 0 Å². The first-order valence-electron chi connectivity index (χ1n) is 11.2. The van der Waals surface area contributed by atoms with Gasteiger partial charge in [0.15, 0.2) is 5.78 Å². The number of rotatable bonds is 8. The second-order valence-corrected chi connectivity index (χ2v) is 10.3. The molecule has 0 N–H and O–H groups in total. The van der Waals surface area contributed by atoms with Crippen LogP contribution in [0.15, 0.2) is 59.5 Å². The number of carbonyl (C=O) groups excluding carboxylic acids is 2. The summed E-state index contributed by atoms with van der Waals surface area (Å²) < 4.78 is 30.1. The maximum Gasteiger partial charge on any atom is 0.243 e. The molecule has 0 aliphatic carbocycles. The molecule has 0 radical (unpaired) electrons. The Hall–Kier alpha value is -3.03. The summed E-state index contributed by atoms with van der Waals surface area (Å²) in [6, 6.07) is 16.0. The van der Waals surface area contributed by atoms with E-state index in [1.54, 1.807) is 24.3 Å². The summed E-state index contributed by atoms with van der Waals surface area (Å²) in [7, 11) is -3.62. The Kier molecular flexibility index (Phi) is 6.63. The largest absolute Gasteiger partial charge is 0.341 e. The molecule has 1 aliphatic heterocycles. The highest BCUT2D eigenvalue weighted by Crippen LogP contribution is 2.31. The molecule has 1 fully saturated rings. The van der Waals surface area contributed by atoms with E-state index < -0.39 is 10.0 Å². The highest BCUT2D eigenvalue weighted by Gasteiger charge is 2.30. The van der Waals surface area contributed by atoms with Crippen molar-refractivity contribution in [1.29, 1.82) is 0 Å². The fraction of sp³-hybridized carbons (Fsp3) is 0.308. The summed E-state index contributed by atoms with van der Waals surface area (Å²) in [5, 5.41) is 0. The van der Waals surface area contributed by atoms with Crippen molar-refractivity contribution in [2.45, 2.75) is 44.6 Å². The smallest absolute Gasteiger partial charge is 0.243 e. The first-order valence-corrected chi connectivity index (χ1v) is 12.6. The fourth-order valence-electron chi connectivity index (χ4n) is 4.71. The Morgan fingerprint density at radius 2 is 1.58 bits per heavy atom. The Bertz CT molecular complexity index is 1290. The molecule has 0 amide bonds. The van der Waals surface area contributed by atoms with Crippen LogP contribution in [-0.4, -0.2) is 42.4 Å². The van der Waals surface area contributed by atoms with Gasteiger partial charge in [0.25, 0.3) is 0 Å². The number of nitrogens with zero attached hydrogens (tertiary/aromatic N) is 2.